The summed E-state index contributed by atoms with van der Waals surface area (Å²) in [5, 5.41) is 8.94. The van der Waals surface area contributed by atoms with Crippen molar-refractivity contribution in [3.8, 4) is 11.1 Å². The minimum absolute atomic E-state index is 0.374. The Labute approximate surface area is 82.2 Å². The average molecular weight is 186 g/mol. The molecule has 0 saturated heterocycles. The van der Waals surface area contributed by atoms with Crippen molar-refractivity contribution in [3.63, 3.8) is 0 Å². The summed E-state index contributed by atoms with van der Waals surface area (Å²) in [5.41, 5.74) is 3.28. The maximum absolute atomic E-state index is 10.9. The van der Waals surface area contributed by atoms with Crippen LogP contribution in [-0.4, -0.2) is 11.1 Å². The standard InChI is InChI=1S/C12H10O2/c1-8-4-2-3-5-10-9(8)6-7-11(10)12(13)14/h2-7H,1H3,(H,13,14). The van der Waals surface area contributed by atoms with Crippen molar-refractivity contribution < 1.29 is 9.90 Å². The Bertz CT molecular complexity index is 460. The number of aryl methyl sites for hydroxylation is 1. The molecule has 0 saturated carbocycles. The van der Waals surface area contributed by atoms with Gasteiger partial charge in [0.1, 0.15) is 0 Å². The summed E-state index contributed by atoms with van der Waals surface area (Å²) in [4.78, 5) is 10.9. The number of carboxylic acids is 1. The summed E-state index contributed by atoms with van der Waals surface area (Å²) in [6.45, 7) is 1.98. The fraction of sp³-hybridized carbons (Fsp3) is 0.0833. The van der Waals surface area contributed by atoms with Crippen molar-refractivity contribution in [3.05, 3.63) is 47.5 Å². The Morgan fingerprint density at radius 1 is 1.07 bits per heavy atom. The van der Waals surface area contributed by atoms with Crippen LogP contribution >= 0.6 is 0 Å². The lowest BCUT2D eigenvalue weighted by Crippen LogP contribution is -1.94. The van der Waals surface area contributed by atoms with Gasteiger partial charge in [-0.05, 0) is 29.7 Å². The van der Waals surface area contributed by atoms with Crippen LogP contribution in [0.15, 0.2) is 36.4 Å². The zero-order chi connectivity index (χ0) is 10.1. The van der Waals surface area contributed by atoms with Gasteiger partial charge in [-0.2, -0.15) is 0 Å². The van der Waals surface area contributed by atoms with E-state index < -0.39 is 5.97 Å². The molecule has 0 aromatic carbocycles. The zero-order valence-electron chi connectivity index (χ0n) is 7.82. The molecule has 0 radical (unpaired) electrons. The van der Waals surface area contributed by atoms with Gasteiger partial charge in [-0.3, -0.25) is 0 Å². The van der Waals surface area contributed by atoms with Gasteiger partial charge in [-0.25, -0.2) is 4.79 Å². The predicted molar refractivity (Wildman–Crippen MR) is 54.8 cm³/mol. The van der Waals surface area contributed by atoms with Crippen LogP contribution in [0.1, 0.15) is 15.9 Å². The number of carboxylic acid groups (broad SMARTS) is 1. The van der Waals surface area contributed by atoms with E-state index in [1.54, 1.807) is 6.07 Å². The van der Waals surface area contributed by atoms with Crippen LogP contribution in [0.4, 0.5) is 0 Å². The van der Waals surface area contributed by atoms with Gasteiger partial charge in [-0.1, -0.05) is 30.3 Å². The molecule has 1 N–H and O–H groups in total. The maximum Gasteiger partial charge on any atom is 0.336 e. The van der Waals surface area contributed by atoms with E-state index >= 15 is 0 Å². The number of aromatic carboxylic acids is 1. The molecule has 2 aliphatic carbocycles. The lowest BCUT2D eigenvalue weighted by Gasteiger charge is -1.98. The molecule has 0 heterocycles. The first kappa shape index (κ1) is 8.75. The molecule has 0 bridgehead atoms. The highest BCUT2D eigenvalue weighted by atomic mass is 16.4. The number of rotatable bonds is 1. The smallest absolute Gasteiger partial charge is 0.336 e. The molecule has 0 aromatic heterocycles. The molecule has 0 amide bonds. The van der Waals surface area contributed by atoms with Gasteiger partial charge < -0.3 is 5.11 Å². The molecular formula is C12H10O2. The van der Waals surface area contributed by atoms with Crippen molar-refractivity contribution in [2.45, 2.75) is 6.92 Å². The highest BCUT2D eigenvalue weighted by molar-refractivity contribution is 5.98. The first-order chi connectivity index (χ1) is 6.70. The molecule has 0 aromatic rings. The van der Waals surface area contributed by atoms with E-state index in [9.17, 15) is 4.79 Å². The van der Waals surface area contributed by atoms with Crippen molar-refractivity contribution in [1.29, 1.82) is 0 Å². The van der Waals surface area contributed by atoms with Gasteiger partial charge in [0, 0.05) is 0 Å². The predicted octanol–water partition coefficient (Wildman–Crippen LogP) is 2.80. The second kappa shape index (κ2) is 3.14. The Morgan fingerprint density at radius 3 is 2.50 bits per heavy atom. The van der Waals surface area contributed by atoms with Gasteiger partial charge in [-0.15, -0.1) is 0 Å². The second-order valence-electron chi connectivity index (χ2n) is 3.28. The summed E-state index contributed by atoms with van der Waals surface area (Å²) in [5.74, 6) is -0.870. The Balaban J connectivity index is 2.73. The minimum Gasteiger partial charge on any atom is -0.478 e. The monoisotopic (exact) mass is 186 g/mol. The van der Waals surface area contributed by atoms with Crippen LogP contribution in [0.3, 0.4) is 0 Å². The van der Waals surface area contributed by atoms with Crippen LogP contribution < -0.4 is 0 Å². The normalized spacial score (nSPS) is 10.4. The second-order valence-corrected chi connectivity index (χ2v) is 3.28. The van der Waals surface area contributed by atoms with E-state index in [0.29, 0.717) is 5.56 Å². The van der Waals surface area contributed by atoms with Crippen LogP contribution in [-0.2, 0) is 0 Å². The first-order valence-electron chi connectivity index (χ1n) is 4.42. The molecular weight excluding hydrogens is 176 g/mol. The maximum atomic E-state index is 10.9. The molecule has 2 rings (SSSR count). The third kappa shape index (κ3) is 1.25. The number of fused-ring (bicyclic) bond motifs is 1. The summed E-state index contributed by atoms with van der Waals surface area (Å²) < 4.78 is 0. The van der Waals surface area contributed by atoms with Crippen LogP contribution in [0, 0.1) is 6.92 Å². The molecule has 0 fully saturated rings. The molecule has 2 heteroatoms. The number of carbonyl (C=O) groups is 1. The van der Waals surface area contributed by atoms with Crippen LogP contribution in [0.5, 0.6) is 0 Å². The summed E-state index contributed by atoms with van der Waals surface area (Å²) in [7, 11) is 0. The summed E-state index contributed by atoms with van der Waals surface area (Å²) in [6.07, 6.45) is 0. The molecule has 70 valence electrons. The van der Waals surface area contributed by atoms with Crippen molar-refractivity contribution in [1.82, 2.24) is 0 Å². The number of hydrogen-bond acceptors (Lipinski definition) is 1. The van der Waals surface area contributed by atoms with Crippen molar-refractivity contribution in [2.24, 2.45) is 0 Å². The largest absolute Gasteiger partial charge is 0.478 e. The number of hydrogen-bond donors (Lipinski definition) is 1. The van der Waals surface area contributed by atoms with Gasteiger partial charge in [0.25, 0.3) is 0 Å². The highest BCUT2D eigenvalue weighted by Crippen LogP contribution is 2.29. The Hall–Kier alpha value is -1.83. The fourth-order valence-corrected chi connectivity index (χ4v) is 1.64. The molecule has 2 nitrogen and oxygen atoms in total. The van der Waals surface area contributed by atoms with Gasteiger partial charge in [0.2, 0.25) is 0 Å². The molecule has 2 aliphatic rings. The quantitative estimate of drug-likeness (QED) is 0.743. The average Bonchev–Trinajstić information content (AvgIpc) is 2.48. The third-order valence-electron chi connectivity index (χ3n) is 2.37. The lowest BCUT2D eigenvalue weighted by molar-refractivity contribution is 0.0698. The molecule has 0 spiro atoms. The van der Waals surface area contributed by atoms with Crippen molar-refractivity contribution >= 4 is 5.97 Å². The minimum atomic E-state index is -0.870. The fourth-order valence-electron chi connectivity index (χ4n) is 1.64. The van der Waals surface area contributed by atoms with E-state index in [0.717, 1.165) is 16.7 Å². The van der Waals surface area contributed by atoms with Gasteiger partial charge in [0.05, 0.1) is 5.56 Å². The van der Waals surface area contributed by atoms with Crippen molar-refractivity contribution in [2.75, 3.05) is 0 Å². The Kier molecular flexibility index (Phi) is 1.97. The van der Waals surface area contributed by atoms with E-state index in [1.807, 2.05) is 37.3 Å². The topological polar surface area (TPSA) is 37.3 Å². The summed E-state index contributed by atoms with van der Waals surface area (Å²) in [6, 6.07) is 11.1. The van der Waals surface area contributed by atoms with Gasteiger partial charge in [0.15, 0.2) is 0 Å². The van der Waals surface area contributed by atoms with E-state index in [4.69, 9.17) is 5.11 Å². The van der Waals surface area contributed by atoms with Gasteiger partial charge >= 0.3 is 5.97 Å². The first-order valence-corrected chi connectivity index (χ1v) is 4.42. The zero-order valence-corrected chi connectivity index (χ0v) is 7.82. The summed E-state index contributed by atoms with van der Waals surface area (Å²) >= 11 is 0. The van der Waals surface area contributed by atoms with E-state index in [2.05, 4.69) is 0 Å². The third-order valence-corrected chi connectivity index (χ3v) is 2.37. The van der Waals surface area contributed by atoms with E-state index in [-0.39, 0.29) is 0 Å². The Morgan fingerprint density at radius 2 is 1.79 bits per heavy atom. The van der Waals surface area contributed by atoms with Crippen LogP contribution in [0.2, 0.25) is 0 Å². The lowest BCUT2D eigenvalue weighted by atomic mass is 10.1. The molecule has 0 unspecified atom stereocenters. The highest BCUT2D eigenvalue weighted by Gasteiger charge is 2.14. The molecule has 14 heavy (non-hydrogen) atoms. The van der Waals surface area contributed by atoms with Crippen LogP contribution in [0.25, 0.3) is 11.1 Å². The SMILES string of the molecule is Cc1ccccc2c(C(=O)O)ccc1-2. The van der Waals surface area contributed by atoms with E-state index in [1.165, 1.54) is 0 Å². The molecule has 0 atom stereocenters. The molecule has 0 aliphatic heterocycles.